The molecule has 0 amide bonds. The van der Waals surface area contributed by atoms with Crippen LogP contribution in [0, 0.1) is 0 Å². The highest BCUT2D eigenvalue weighted by molar-refractivity contribution is 5.79. The second-order valence-corrected chi connectivity index (χ2v) is 7.12. The van der Waals surface area contributed by atoms with Crippen LogP contribution in [0.4, 0.5) is 0 Å². The van der Waals surface area contributed by atoms with Gasteiger partial charge in [0.1, 0.15) is 0 Å². The summed E-state index contributed by atoms with van der Waals surface area (Å²) >= 11 is 0. The first kappa shape index (κ1) is 20.0. The van der Waals surface area contributed by atoms with E-state index in [4.69, 9.17) is 0 Å². The maximum absolute atomic E-state index is 4.59. The molecule has 1 N–H and O–H groups in total. The first-order valence-electron chi connectivity index (χ1n) is 9.46. The van der Waals surface area contributed by atoms with E-state index in [0.717, 1.165) is 37.6 Å². The summed E-state index contributed by atoms with van der Waals surface area (Å²) in [6, 6.07) is 8.87. The monoisotopic (exact) mass is 355 g/mol. The van der Waals surface area contributed by atoms with Crippen LogP contribution < -0.4 is 5.32 Å². The van der Waals surface area contributed by atoms with Crippen LogP contribution >= 0.6 is 0 Å². The molecule has 0 saturated carbocycles. The Hall–Kier alpha value is -2.30. The largest absolute Gasteiger partial charge is 0.356 e. The lowest BCUT2D eigenvalue weighted by Gasteiger charge is -2.22. The number of benzene rings is 1. The highest BCUT2D eigenvalue weighted by atomic mass is 15.3. The van der Waals surface area contributed by atoms with Gasteiger partial charge in [0.25, 0.3) is 0 Å². The first-order chi connectivity index (χ1) is 12.4. The maximum Gasteiger partial charge on any atom is 0.193 e. The number of nitrogens with zero attached hydrogens (tertiary/aromatic N) is 4. The minimum absolute atomic E-state index is 0.417. The van der Waals surface area contributed by atoms with E-state index in [9.17, 15) is 0 Å². The summed E-state index contributed by atoms with van der Waals surface area (Å²) in [7, 11) is 5.89. The van der Waals surface area contributed by atoms with E-state index >= 15 is 0 Å². The van der Waals surface area contributed by atoms with Crippen LogP contribution in [0.15, 0.2) is 35.5 Å². The van der Waals surface area contributed by atoms with Gasteiger partial charge in [-0.05, 0) is 29.9 Å². The Morgan fingerprint density at radius 1 is 1.23 bits per heavy atom. The summed E-state index contributed by atoms with van der Waals surface area (Å²) in [5.74, 6) is 1.33. The predicted octanol–water partition coefficient (Wildman–Crippen LogP) is 3.36. The van der Waals surface area contributed by atoms with Gasteiger partial charge in [0.15, 0.2) is 5.96 Å². The zero-order valence-corrected chi connectivity index (χ0v) is 17.1. The van der Waals surface area contributed by atoms with E-state index in [1.807, 2.05) is 18.8 Å². The van der Waals surface area contributed by atoms with Crippen LogP contribution in [0.1, 0.15) is 49.1 Å². The van der Waals surface area contributed by atoms with Crippen molar-refractivity contribution in [3.8, 4) is 0 Å². The van der Waals surface area contributed by atoms with Crippen molar-refractivity contribution >= 4 is 5.96 Å². The third kappa shape index (κ3) is 5.35. The second kappa shape index (κ2) is 9.41. The van der Waals surface area contributed by atoms with Gasteiger partial charge in [-0.1, -0.05) is 45.0 Å². The van der Waals surface area contributed by atoms with Crippen LogP contribution in [0.3, 0.4) is 0 Å². The number of hydrogen-bond acceptors (Lipinski definition) is 2. The van der Waals surface area contributed by atoms with E-state index in [1.165, 1.54) is 16.7 Å². The van der Waals surface area contributed by atoms with E-state index < -0.39 is 0 Å². The number of nitrogens with one attached hydrogen (secondary N) is 1. The third-order valence-corrected chi connectivity index (χ3v) is 4.59. The minimum atomic E-state index is 0.417. The summed E-state index contributed by atoms with van der Waals surface area (Å²) in [5.41, 5.74) is 5.14. The quantitative estimate of drug-likeness (QED) is 0.612. The topological polar surface area (TPSA) is 45.5 Å². The fourth-order valence-corrected chi connectivity index (χ4v) is 3.14. The summed E-state index contributed by atoms with van der Waals surface area (Å²) < 4.78 is 1.90. The van der Waals surface area contributed by atoms with Crippen molar-refractivity contribution in [2.75, 3.05) is 20.6 Å². The Labute approximate surface area is 158 Å². The molecule has 0 spiro atoms. The van der Waals surface area contributed by atoms with E-state index in [0.29, 0.717) is 5.92 Å². The van der Waals surface area contributed by atoms with Crippen molar-refractivity contribution in [1.82, 2.24) is 20.0 Å². The van der Waals surface area contributed by atoms with Gasteiger partial charge in [0, 0.05) is 46.0 Å². The van der Waals surface area contributed by atoms with Crippen LogP contribution in [0.25, 0.3) is 0 Å². The number of aryl methyl sites for hydroxylation is 2. The molecular weight excluding hydrogens is 322 g/mol. The molecule has 0 radical (unpaired) electrons. The molecule has 1 heterocycles. The highest BCUT2D eigenvalue weighted by Gasteiger charge is 2.14. The molecule has 142 valence electrons. The summed E-state index contributed by atoms with van der Waals surface area (Å²) in [6.45, 7) is 8.22. The zero-order chi connectivity index (χ0) is 19.1. The Morgan fingerprint density at radius 3 is 2.46 bits per heavy atom. The Morgan fingerprint density at radius 2 is 1.88 bits per heavy atom. The lowest BCUT2D eigenvalue weighted by Crippen LogP contribution is -2.39. The molecule has 5 heteroatoms. The number of aromatic nitrogens is 2. The van der Waals surface area contributed by atoms with Gasteiger partial charge in [0.05, 0.1) is 5.69 Å². The number of guanidine groups is 1. The number of hydrogen-bond donors (Lipinski definition) is 1. The fraction of sp³-hybridized carbons (Fsp3) is 0.524. The van der Waals surface area contributed by atoms with Gasteiger partial charge in [-0.2, -0.15) is 5.10 Å². The second-order valence-electron chi connectivity index (χ2n) is 7.12. The molecule has 0 fully saturated rings. The summed E-state index contributed by atoms with van der Waals surface area (Å²) in [4.78, 5) is 6.58. The minimum Gasteiger partial charge on any atom is -0.356 e. The van der Waals surface area contributed by atoms with Gasteiger partial charge in [-0.15, -0.1) is 0 Å². The van der Waals surface area contributed by atoms with E-state index in [1.54, 1.807) is 0 Å². The fourth-order valence-electron chi connectivity index (χ4n) is 3.14. The molecule has 26 heavy (non-hydrogen) atoms. The molecule has 2 aromatic rings. The van der Waals surface area contributed by atoms with E-state index in [2.05, 4.69) is 78.6 Å². The molecule has 1 aromatic heterocycles. The SMILES string of the molecule is CCc1ccc(CCNC(=NC)N(C)Cc2cn(C)nc2C(C)C)cc1. The Bertz CT molecular complexity index is 713. The van der Waals surface area contributed by atoms with Crippen molar-refractivity contribution in [2.24, 2.45) is 12.0 Å². The molecule has 0 aliphatic rings. The van der Waals surface area contributed by atoms with Gasteiger partial charge in [-0.25, -0.2) is 0 Å². The lowest BCUT2D eigenvalue weighted by molar-refractivity contribution is 0.474. The average molecular weight is 356 g/mol. The smallest absolute Gasteiger partial charge is 0.193 e. The Kier molecular flexibility index (Phi) is 7.25. The van der Waals surface area contributed by atoms with Gasteiger partial charge >= 0.3 is 0 Å². The molecular formula is C21H33N5. The van der Waals surface area contributed by atoms with Crippen LogP contribution in [-0.2, 0) is 26.4 Å². The summed E-state index contributed by atoms with van der Waals surface area (Å²) in [5, 5.41) is 8.06. The van der Waals surface area contributed by atoms with Crippen LogP contribution in [0.2, 0.25) is 0 Å². The molecule has 0 atom stereocenters. The van der Waals surface area contributed by atoms with Crippen LogP contribution in [0.5, 0.6) is 0 Å². The van der Waals surface area contributed by atoms with Crippen LogP contribution in [-0.4, -0.2) is 41.3 Å². The third-order valence-electron chi connectivity index (χ3n) is 4.59. The van der Waals surface area contributed by atoms with Crippen molar-refractivity contribution in [2.45, 2.75) is 46.1 Å². The molecule has 0 saturated heterocycles. The molecule has 1 aromatic carbocycles. The summed E-state index contributed by atoms with van der Waals surface area (Å²) in [6.07, 6.45) is 4.18. The predicted molar refractivity (Wildman–Crippen MR) is 110 cm³/mol. The van der Waals surface area contributed by atoms with E-state index in [-0.39, 0.29) is 0 Å². The van der Waals surface area contributed by atoms with Gasteiger partial charge < -0.3 is 10.2 Å². The lowest BCUT2D eigenvalue weighted by atomic mass is 10.1. The molecule has 5 nitrogen and oxygen atoms in total. The molecule has 0 aliphatic carbocycles. The van der Waals surface area contributed by atoms with Crippen molar-refractivity contribution in [3.63, 3.8) is 0 Å². The van der Waals surface area contributed by atoms with Crippen molar-refractivity contribution in [3.05, 3.63) is 52.8 Å². The van der Waals surface area contributed by atoms with Gasteiger partial charge in [0.2, 0.25) is 0 Å². The molecule has 0 bridgehead atoms. The average Bonchev–Trinajstić information content (AvgIpc) is 2.99. The number of rotatable bonds is 7. The molecule has 2 rings (SSSR count). The first-order valence-corrected chi connectivity index (χ1v) is 9.46. The number of aliphatic imine (C=N–C) groups is 1. The highest BCUT2D eigenvalue weighted by Crippen LogP contribution is 2.18. The normalized spacial score (nSPS) is 11.9. The zero-order valence-electron chi connectivity index (χ0n) is 17.1. The van der Waals surface area contributed by atoms with Crippen molar-refractivity contribution < 1.29 is 0 Å². The van der Waals surface area contributed by atoms with Gasteiger partial charge in [-0.3, -0.25) is 9.67 Å². The maximum atomic E-state index is 4.59. The van der Waals surface area contributed by atoms with Crippen molar-refractivity contribution in [1.29, 1.82) is 0 Å². The standard InChI is InChI=1S/C21H33N5/c1-7-17-8-10-18(11-9-17)12-13-23-21(22-4)25(5)14-19-15-26(6)24-20(19)16(2)3/h8-11,15-16H,7,12-14H2,1-6H3,(H,22,23). The molecule has 0 aliphatic heterocycles. The molecule has 0 unspecified atom stereocenters. The Balaban J connectivity index is 1.91.